The van der Waals surface area contributed by atoms with Gasteiger partial charge in [-0.3, -0.25) is 24.1 Å². The van der Waals surface area contributed by atoms with E-state index in [4.69, 9.17) is 4.52 Å². The number of rotatable bonds is 16. The van der Waals surface area contributed by atoms with E-state index in [1.54, 1.807) is 36.5 Å². The van der Waals surface area contributed by atoms with Gasteiger partial charge in [-0.05, 0) is 109 Å². The third kappa shape index (κ3) is 23.0. The van der Waals surface area contributed by atoms with E-state index in [9.17, 15) is 19.2 Å². The lowest BCUT2D eigenvalue weighted by Crippen LogP contribution is -2.27. The molecule has 0 radical (unpaired) electrons. The molecule has 0 aliphatic rings. The van der Waals surface area contributed by atoms with Crippen molar-refractivity contribution in [2.24, 2.45) is 0 Å². The largest absolute Gasteiger partial charge is 0.355 e. The lowest BCUT2D eigenvalue weighted by atomic mass is 10.0. The van der Waals surface area contributed by atoms with Gasteiger partial charge in [-0.15, -0.1) is 22.7 Å². The zero-order valence-electron chi connectivity index (χ0n) is 48.5. The van der Waals surface area contributed by atoms with Gasteiger partial charge in [-0.1, -0.05) is 128 Å². The van der Waals surface area contributed by atoms with Crippen LogP contribution < -0.4 is 20.9 Å². The van der Waals surface area contributed by atoms with Crippen LogP contribution in [-0.4, -0.2) is 75.3 Å². The molecule has 0 bridgehead atoms. The fourth-order valence-electron chi connectivity index (χ4n) is 6.95. The van der Waals surface area contributed by atoms with Gasteiger partial charge >= 0.3 is 0 Å². The predicted octanol–water partition coefficient (Wildman–Crippen LogP) is 14.8. The summed E-state index contributed by atoms with van der Waals surface area (Å²) in [5.74, 6) is 1.16. The fourth-order valence-corrected chi connectivity index (χ4v) is 8.69. The maximum atomic E-state index is 12.9. The second-order valence-corrected chi connectivity index (χ2v) is 19.2. The van der Waals surface area contributed by atoms with Crippen LogP contribution in [0.25, 0.3) is 11.3 Å². The monoisotopic (exact) mass is 1080 g/mol. The summed E-state index contributed by atoms with van der Waals surface area (Å²) in [6, 6.07) is 23.2. The molecular weight excluding hydrogens is 991 g/mol. The number of hydrogen-bond donors (Lipinski definition) is 4. The van der Waals surface area contributed by atoms with Gasteiger partial charge in [-0.2, -0.15) is 0 Å². The Kier molecular flexibility index (Phi) is 33.5. The lowest BCUT2D eigenvalue weighted by molar-refractivity contribution is 0.0941. The Labute approximate surface area is 462 Å². The van der Waals surface area contributed by atoms with E-state index in [2.05, 4.69) is 101 Å². The molecule has 4 N–H and O–H groups in total. The van der Waals surface area contributed by atoms with Gasteiger partial charge in [0.15, 0.2) is 22.4 Å². The fraction of sp³-hybridized carbons (Fsp3) is 0.433. The summed E-state index contributed by atoms with van der Waals surface area (Å²) in [5, 5.41) is 15.1. The summed E-state index contributed by atoms with van der Waals surface area (Å²) in [5.41, 5.74) is 7.80. The molecule has 7 rings (SSSR count). The highest BCUT2D eigenvalue weighted by atomic mass is 32.1. The Bertz CT molecular complexity index is 2710. The number of hydrogen-bond acceptors (Lipinski definition) is 12. The van der Waals surface area contributed by atoms with Crippen LogP contribution in [0.1, 0.15) is 188 Å². The molecule has 76 heavy (non-hydrogen) atoms. The summed E-state index contributed by atoms with van der Waals surface area (Å²) in [6.07, 6.45) is 8.27. The van der Waals surface area contributed by atoms with Crippen molar-refractivity contribution in [2.75, 3.05) is 36.9 Å². The molecule has 5 heterocycles. The number of thiazole rings is 1. The molecule has 5 aromatic heterocycles. The maximum absolute atomic E-state index is 12.9. The van der Waals surface area contributed by atoms with Crippen molar-refractivity contribution in [3.63, 3.8) is 0 Å². The summed E-state index contributed by atoms with van der Waals surface area (Å²) < 4.78 is 5.11. The Morgan fingerprint density at radius 3 is 1.93 bits per heavy atom. The second kappa shape index (κ2) is 37.9. The number of ketones is 1. The van der Waals surface area contributed by atoms with Gasteiger partial charge in [0.2, 0.25) is 5.95 Å². The average molecular weight is 1080 g/mol. The Morgan fingerprint density at radius 2 is 1.41 bits per heavy atom. The minimum Gasteiger partial charge on any atom is -0.355 e. The van der Waals surface area contributed by atoms with Crippen LogP contribution >= 0.6 is 22.7 Å². The third-order valence-electron chi connectivity index (χ3n) is 10.7. The highest BCUT2D eigenvalue weighted by Crippen LogP contribution is 2.29. The van der Waals surface area contributed by atoms with Crippen LogP contribution in [0.3, 0.4) is 0 Å². The molecule has 1 unspecified atom stereocenters. The van der Waals surface area contributed by atoms with Crippen molar-refractivity contribution in [1.82, 2.24) is 35.7 Å². The number of amides is 3. The molecule has 2 aromatic carbocycles. The normalized spacial score (nSPS) is 10.2. The Hall–Kier alpha value is -6.78. The van der Waals surface area contributed by atoms with Gasteiger partial charge in [0.05, 0.1) is 5.69 Å². The van der Waals surface area contributed by atoms with Gasteiger partial charge in [0, 0.05) is 82.7 Å². The van der Waals surface area contributed by atoms with Gasteiger partial charge < -0.3 is 25.5 Å². The third-order valence-corrected chi connectivity index (χ3v) is 12.8. The topological polar surface area (TPSA) is 188 Å². The first-order valence-electron chi connectivity index (χ1n) is 26.7. The summed E-state index contributed by atoms with van der Waals surface area (Å²) in [4.78, 5) is 68.6. The van der Waals surface area contributed by atoms with Gasteiger partial charge in [0.1, 0.15) is 5.69 Å². The number of thiophene rings is 1. The second-order valence-electron chi connectivity index (χ2n) is 17.0. The van der Waals surface area contributed by atoms with Gasteiger partial charge in [0.25, 0.3) is 17.7 Å². The number of H-pyrrole nitrogens is 1. The molecule has 0 saturated heterocycles. The van der Waals surface area contributed by atoms with Crippen molar-refractivity contribution in [3.8, 4) is 11.3 Å². The number of anilines is 2. The van der Waals surface area contributed by atoms with E-state index in [0.717, 1.165) is 53.0 Å². The molecule has 414 valence electrons. The number of Topliss-reactive ketones (excluding diaryl/α,β-unsaturated/α-hetero) is 1. The van der Waals surface area contributed by atoms with Crippen molar-refractivity contribution in [3.05, 3.63) is 151 Å². The van der Waals surface area contributed by atoms with E-state index in [0.29, 0.717) is 64.8 Å². The predicted molar refractivity (Wildman–Crippen MR) is 319 cm³/mol. The molecule has 0 spiro atoms. The van der Waals surface area contributed by atoms with Crippen LogP contribution in [0.2, 0.25) is 0 Å². The molecule has 0 fully saturated rings. The van der Waals surface area contributed by atoms with Crippen molar-refractivity contribution < 1.29 is 23.7 Å². The highest BCUT2D eigenvalue weighted by Gasteiger charge is 2.26. The van der Waals surface area contributed by atoms with Crippen molar-refractivity contribution >= 4 is 57.3 Å². The minimum atomic E-state index is -0.214. The van der Waals surface area contributed by atoms with E-state index < -0.39 is 0 Å². The van der Waals surface area contributed by atoms with Crippen LogP contribution in [0.5, 0.6) is 0 Å². The van der Waals surface area contributed by atoms with Crippen LogP contribution in [0, 0.1) is 27.7 Å². The van der Waals surface area contributed by atoms with Crippen LogP contribution in [-0.2, 0) is 12.8 Å². The molecule has 14 nitrogen and oxygen atoms in total. The number of carbonyl (C=O) groups excluding carboxylic acids is 4. The molecule has 0 aliphatic carbocycles. The standard InChI is InChI=1S/C18H25N3O2S.C16H20N4O.C12H12N2O2.C7H10S.C3H8.2C2H6/c1-7-10(3)14-9-24-18(20-14)21(6)17(23)16-13(8-2)15(12(5)22)11(4)19-16;1-12-9-13(2)11-14(10-12)15(21)17-5-3-6-18-16-19-7-4-8-20-16;1-2-13-12(15)10-8-11(16-14-10)9-6-4-3-5-7-9;1-3-7-5-4-6(2)8-7;1-3-2;2*1-2/h9-10,19H,7-8H2,1-6H3;4,7-11H,3,5-6H2,1-2H3,(H,17,21)(H,18,19,20);3-8H,2H2,1H3,(H,13,15);4-5H,3H2,1-2H3;3H2,1-2H3;2*1-2H3. The average Bonchev–Trinajstić information content (AvgIpc) is 4.28. The van der Waals surface area contributed by atoms with Crippen molar-refractivity contribution in [1.29, 1.82) is 0 Å². The maximum Gasteiger partial charge on any atom is 0.276 e. The zero-order valence-corrected chi connectivity index (χ0v) is 50.1. The van der Waals surface area contributed by atoms with E-state index in [1.165, 1.54) is 40.9 Å². The highest BCUT2D eigenvalue weighted by molar-refractivity contribution is 7.14. The molecular formula is C60H87N9O5S2. The molecule has 7 aromatic rings. The molecule has 3 amide bonds. The Morgan fingerprint density at radius 1 is 0.776 bits per heavy atom. The lowest BCUT2D eigenvalue weighted by Gasteiger charge is -2.14. The zero-order chi connectivity index (χ0) is 57.2. The molecule has 1 atom stereocenters. The number of benzene rings is 2. The molecule has 16 heteroatoms. The number of aromatic amines is 1. The number of aromatic nitrogens is 5. The summed E-state index contributed by atoms with van der Waals surface area (Å²) in [6.45, 7) is 33.9. The smallest absolute Gasteiger partial charge is 0.276 e. The number of carbonyl (C=O) groups is 4. The van der Waals surface area contributed by atoms with E-state index in [-0.39, 0.29) is 23.5 Å². The van der Waals surface area contributed by atoms with Crippen LogP contribution in [0.15, 0.2) is 95.1 Å². The minimum absolute atomic E-state index is 0.0180. The Balaban J connectivity index is 0.000000508. The van der Waals surface area contributed by atoms with E-state index >= 15 is 0 Å². The van der Waals surface area contributed by atoms with Gasteiger partial charge in [-0.25, -0.2) is 15.0 Å². The first kappa shape index (κ1) is 67.2. The molecule has 0 aliphatic heterocycles. The molecule has 0 saturated carbocycles. The summed E-state index contributed by atoms with van der Waals surface area (Å²) in [7, 11) is 1.73. The van der Waals surface area contributed by atoms with Crippen molar-refractivity contribution in [2.45, 2.75) is 149 Å². The number of nitrogens with zero attached hydrogens (tertiary/aromatic N) is 5. The summed E-state index contributed by atoms with van der Waals surface area (Å²) >= 11 is 3.36. The number of nitrogens with one attached hydrogen (secondary N) is 4. The first-order valence-corrected chi connectivity index (χ1v) is 28.4. The quantitative estimate of drug-likeness (QED) is 0.0535. The van der Waals surface area contributed by atoms with E-state index in [1.807, 2.05) is 121 Å². The number of aryl methyl sites for hydroxylation is 5. The first-order chi connectivity index (χ1) is 36.5. The van der Waals surface area contributed by atoms with Crippen LogP contribution in [0.4, 0.5) is 11.1 Å². The SMILES string of the molecule is CC.CC.CCC.CCNC(=O)c1cc(-c2ccccc2)on1.CCc1c(C(=O)N(C)c2nc(C(C)CC)cs2)[nH]c(C)c1C(C)=O.CCc1ccc(C)s1.Cc1cc(C)cc(C(=O)NCCCNc2ncccn2)c1.